The van der Waals surface area contributed by atoms with Crippen LogP contribution in [0.25, 0.3) is 15.9 Å². The molecule has 1 amide bonds. The molecule has 0 atom stereocenters. The normalized spacial score (nSPS) is 11.0. The molecule has 0 spiro atoms. The first kappa shape index (κ1) is 19.8. The fourth-order valence-corrected chi connectivity index (χ4v) is 4.03. The number of thiophene rings is 1. The van der Waals surface area contributed by atoms with E-state index in [9.17, 15) is 18.8 Å². The van der Waals surface area contributed by atoms with Crippen LogP contribution in [0, 0.1) is 19.7 Å². The molecule has 0 saturated carbocycles. The van der Waals surface area contributed by atoms with Gasteiger partial charge in [0.15, 0.2) is 0 Å². The van der Waals surface area contributed by atoms with E-state index in [0.29, 0.717) is 21.6 Å². The summed E-state index contributed by atoms with van der Waals surface area (Å²) < 4.78 is 15.8. The van der Waals surface area contributed by atoms with Crippen molar-refractivity contribution in [1.29, 1.82) is 0 Å². The molecule has 6 nitrogen and oxygen atoms in total. The SMILES string of the molecule is Cc1ccc(-n2c(=O)c3sccc3n(CC(=O)Nc3ccc(F)cc3)c2=O)cc1C. The number of fused-ring (bicyclic) bond motifs is 1. The molecule has 2 heterocycles. The van der Waals surface area contributed by atoms with E-state index in [1.807, 2.05) is 19.9 Å². The summed E-state index contributed by atoms with van der Waals surface area (Å²) in [4.78, 5) is 38.8. The number of hydrogen-bond acceptors (Lipinski definition) is 4. The smallest absolute Gasteiger partial charge is 0.325 e. The van der Waals surface area contributed by atoms with Crippen molar-refractivity contribution in [1.82, 2.24) is 9.13 Å². The van der Waals surface area contributed by atoms with Gasteiger partial charge in [-0.05, 0) is 72.8 Å². The first-order valence-corrected chi connectivity index (χ1v) is 10.1. The van der Waals surface area contributed by atoms with Crippen molar-refractivity contribution in [2.24, 2.45) is 0 Å². The monoisotopic (exact) mass is 423 g/mol. The third-order valence-corrected chi connectivity index (χ3v) is 5.82. The van der Waals surface area contributed by atoms with Crippen molar-refractivity contribution in [3.8, 4) is 5.69 Å². The Kier molecular flexibility index (Phi) is 5.09. The third-order valence-electron chi connectivity index (χ3n) is 4.93. The quantitative estimate of drug-likeness (QED) is 0.545. The first-order valence-electron chi connectivity index (χ1n) is 9.21. The van der Waals surface area contributed by atoms with Crippen molar-refractivity contribution in [3.63, 3.8) is 0 Å². The van der Waals surface area contributed by atoms with Gasteiger partial charge in [0.25, 0.3) is 5.56 Å². The number of halogens is 1. The molecule has 0 bridgehead atoms. The van der Waals surface area contributed by atoms with Crippen molar-refractivity contribution in [2.45, 2.75) is 20.4 Å². The number of carbonyl (C=O) groups excluding carboxylic acids is 1. The van der Waals surface area contributed by atoms with Crippen LogP contribution in [0.5, 0.6) is 0 Å². The lowest BCUT2D eigenvalue weighted by Gasteiger charge is -2.13. The number of rotatable bonds is 4. The van der Waals surface area contributed by atoms with Gasteiger partial charge in [-0.2, -0.15) is 0 Å². The highest BCUT2D eigenvalue weighted by molar-refractivity contribution is 7.17. The minimum absolute atomic E-state index is 0.283. The van der Waals surface area contributed by atoms with E-state index in [2.05, 4.69) is 5.32 Å². The summed E-state index contributed by atoms with van der Waals surface area (Å²) in [5.41, 5.74) is 2.26. The van der Waals surface area contributed by atoms with E-state index in [-0.39, 0.29) is 6.54 Å². The number of aromatic nitrogens is 2. The lowest BCUT2D eigenvalue weighted by atomic mass is 10.1. The predicted molar refractivity (Wildman–Crippen MR) is 116 cm³/mol. The highest BCUT2D eigenvalue weighted by atomic mass is 32.1. The van der Waals surface area contributed by atoms with E-state index in [1.165, 1.54) is 40.2 Å². The molecule has 0 aliphatic carbocycles. The van der Waals surface area contributed by atoms with Crippen LogP contribution in [0.2, 0.25) is 0 Å². The second-order valence-electron chi connectivity index (χ2n) is 6.97. The molecule has 2 aromatic heterocycles. The Hall–Kier alpha value is -3.52. The predicted octanol–water partition coefficient (Wildman–Crippen LogP) is 3.61. The number of nitrogens with zero attached hydrogens (tertiary/aromatic N) is 2. The van der Waals surface area contributed by atoms with Gasteiger partial charge in [0.05, 0.1) is 11.2 Å². The molecule has 30 heavy (non-hydrogen) atoms. The van der Waals surface area contributed by atoms with E-state index in [1.54, 1.807) is 23.6 Å². The molecule has 1 N–H and O–H groups in total. The molecule has 0 saturated heterocycles. The lowest BCUT2D eigenvalue weighted by Crippen LogP contribution is -2.40. The fraction of sp³-hybridized carbons (Fsp3) is 0.136. The molecular weight excluding hydrogens is 405 g/mol. The maximum Gasteiger partial charge on any atom is 0.336 e. The minimum atomic E-state index is -0.594. The van der Waals surface area contributed by atoms with E-state index >= 15 is 0 Å². The van der Waals surface area contributed by atoms with Gasteiger partial charge in [-0.15, -0.1) is 11.3 Å². The minimum Gasteiger partial charge on any atom is -0.325 e. The Balaban J connectivity index is 1.79. The number of benzene rings is 2. The lowest BCUT2D eigenvalue weighted by molar-refractivity contribution is -0.116. The zero-order chi connectivity index (χ0) is 21.4. The summed E-state index contributed by atoms with van der Waals surface area (Å²) >= 11 is 1.22. The number of nitrogens with one attached hydrogen (secondary N) is 1. The topological polar surface area (TPSA) is 73.1 Å². The summed E-state index contributed by atoms with van der Waals surface area (Å²) in [6.45, 7) is 3.57. The van der Waals surface area contributed by atoms with Crippen LogP contribution in [0.3, 0.4) is 0 Å². The summed E-state index contributed by atoms with van der Waals surface area (Å²) in [6.07, 6.45) is 0. The van der Waals surface area contributed by atoms with Crippen LogP contribution in [0.15, 0.2) is 63.5 Å². The molecule has 4 aromatic rings. The largest absolute Gasteiger partial charge is 0.336 e. The second-order valence-corrected chi connectivity index (χ2v) is 7.88. The maximum atomic E-state index is 13.2. The van der Waals surface area contributed by atoms with Crippen molar-refractivity contribution < 1.29 is 9.18 Å². The van der Waals surface area contributed by atoms with E-state index in [4.69, 9.17) is 0 Å². The average Bonchev–Trinajstić information content (AvgIpc) is 3.20. The van der Waals surface area contributed by atoms with Gasteiger partial charge in [0, 0.05) is 5.69 Å². The van der Waals surface area contributed by atoms with Crippen molar-refractivity contribution >= 4 is 33.1 Å². The van der Waals surface area contributed by atoms with Gasteiger partial charge in [-0.1, -0.05) is 6.07 Å². The van der Waals surface area contributed by atoms with Crippen LogP contribution in [-0.2, 0) is 11.3 Å². The van der Waals surface area contributed by atoms with Crippen LogP contribution < -0.4 is 16.6 Å². The maximum absolute atomic E-state index is 13.2. The van der Waals surface area contributed by atoms with Gasteiger partial charge in [-0.3, -0.25) is 14.2 Å². The van der Waals surface area contributed by atoms with Crippen molar-refractivity contribution in [2.75, 3.05) is 5.32 Å². The number of anilines is 1. The third kappa shape index (κ3) is 3.57. The zero-order valence-electron chi connectivity index (χ0n) is 16.3. The summed E-state index contributed by atoms with van der Waals surface area (Å²) in [7, 11) is 0. The molecule has 0 unspecified atom stereocenters. The van der Waals surface area contributed by atoms with Gasteiger partial charge in [-0.25, -0.2) is 13.8 Å². The standard InChI is InChI=1S/C22H18FN3O3S/c1-13-3-8-17(11-14(13)2)26-21(28)20-18(9-10-30-20)25(22(26)29)12-19(27)24-16-6-4-15(23)5-7-16/h3-11H,12H2,1-2H3,(H,24,27). The molecule has 8 heteroatoms. The van der Waals surface area contributed by atoms with Gasteiger partial charge < -0.3 is 5.32 Å². The number of hydrogen-bond donors (Lipinski definition) is 1. The highest BCUT2D eigenvalue weighted by Crippen LogP contribution is 2.18. The van der Waals surface area contributed by atoms with E-state index < -0.39 is 23.0 Å². The van der Waals surface area contributed by atoms with Gasteiger partial charge in [0.1, 0.15) is 17.1 Å². The molecule has 0 radical (unpaired) electrons. The Morgan fingerprint density at radius 1 is 1.03 bits per heavy atom. The van der Waals surface area contributed by atoms with Gasteiger partial charge >= 0.3 is 5.69 Å². The van der Waals surface area contributed by atoms with Crippen LogP contribution in [-0.4, -0.2) is 15.0 Å². The Morgan fingerprint density at radius 2 is 1.77 bits per heavy atom. The Bertz CT molecular complexity index is 1380. The summed E-state index contributed by atoms with van der Waals surface area (Å²) in [5, 5.41) is 4.36. The number of aryl methyl sites for hydroxylation is 2. The molecule has 0 fully saturated rings. The molecule has 4 rings (SSSR count). The van der Waals surface area contributed by atoms with Gasteiger partial charge in [0.2, 0.25) is 5.91 Å². The van der Waals surface area contributed by atoms with Crippen LogP contribution >= 0.6 is 11.3 Å². The summed E-state index contributed by atoms with van der Waals surface area (Å²) in [5.74, 6) is -0.869. The number of amides is 1. The second kappa shape index (κ2) is 7.72. The van der Waals surface area contributed by atoms with E-state index in [0.717, 1.165) is 15.7 Å². The molecule has 0 aliphatic rings. The molecule has 152 valence electrons. The average molecular weight is 423 g/mol. The molecular formula is C22H18FN3O3S. The zero-order valence-corrected chi connectivity index (χ0v) is 17.1. The highest BCUT2D eigenvalue weighted by Gasteiger charge is 2.18. The van der Waals surface area contributed by atoms with Crippen molar-refractivity contribution in [3.05, 3.63) is 91.7 Å². The first-order chi connectivity index (χ1) is 14.3. The van der Waals surface area contributed by atoms with Crippen LogP contribution in [0.4, 0.5) is 10.1 Å². The Morgan fingerprint density at radius 3 is 2.47 bits per heavy atom. The fourth-order valence-electron chi connectivity index (χ4n) is 3.21. The van der Waals surface area contributed by atoms with Crippen LogP contribution in [0.1, 0.15) is 11.1 Å². The Labute approximate surface area is 174 Å². The molecule has 2 aromatic carbocycles. The summed E-state index contributed by atoms with van der Waals surface area (Å²) in [6, 6.07) is 12.3. The molecule has 0 aliphatic heterocycles. The number of carbonyl (C=O) groups is 1.